The minimum atomic E-state index is 0.304. The summed E-state index contributed by atoms with van der Waals surface area (Å²) in [4.78, 5) is 10.7. The highest BCUT2D eigenvalue weighted by Gasteiger charge is 2.33. The van der Waals surface area contributed by atoms with Crippen LogP contribution < -0.4 is 0 Å². The zero-order valence-corrected chi connectivity index (χ0v) is 10.3. The molecule has 0 aromatic carbocycles. The molecule has 0 saturated carbocycles. The van der Waals surface area contributed by atoms with E-state index >= 15 is 0 Å². The van der Waals surface area contributed by atoms with Crippen LogP contribution in [-0.2, 0) is 4.79 Å². The summed E-state index contributed by atoms with van der Waals surface area (Å²) >= 11 is 0. The van der Waals surface area contributed by atoms with Gasteiger partial charge in [-0.15, -0.1) is 0 Å². The molecule has 1 aliphatic carbocycles. The van der Waals surface area contributed by atoms with E-state index in [2.05, 4.69) is 32.9 Å². The number of hydrogen-bond acceptors (Lipinski definition) is 1. The largest absolute Gasteiger partial charge is 0.298 e. The van der Waals surface area contributed by atoms with Gasteiger partial charge in [-0.2, -0.15) is 0 Å². The molecule has 0 bridgehead atoms. The monoisotopic (exact) mass is 206 g/mol. The summed E-state index contributed by atoms with van der Waals surface area (Å²) in [6.07, 6.45) is 8.48. The first-order valence-electron chi connectivity index (χ1n) is 5.83. The van der Waals surface area contributed by atoms with Gasteiger partial charge >= 0.3 is 0 Å². The Morgan fingerprint density at radius 2 is 2.27 bits per heavy atom. The van der Waals surface area contributed by atoms with E-state index in [4.69, 9.17) is 0 Å². The fourth-order valence-electron chi connectivity index (χ4n) is 2.16. The van der Waals surface area contributed by atoms with Crippen LogP contribution in [0, 0.1) is 11.3 Å². The molecule has 15 heavy (non-hydrogen) atoms. The number of aldehydes is 1. The first kappa shape index (κ1) is 12.2. The van der Waals surface area contributed by atoms with E-state index in [0.717, 1.165) is 31.1 Å². The van der Waals surface area contributed by atoms with Gasteiger partial charge in [-0.3, -0.25) is 4.79 Å². The molecule has 0 aliphatic heterocycles. The lowest BCUT2D eigenvalue weighted by atomic mass is 9.76. The van der Waals surface area contributed by atoms with E-state index in [9.17, 15) is 4.79 Å². The van der Waals surface area contributed by atoms with Crippen molar-refractivity contribution in [1.29, 1.82) is 0 Å². The molecule has 1 heteroatoms. The zero-order valence-electron chi connectivity index (χ0n) is 10.3. The smallest absolute Gasteiger partial charge is 0.145 e. The molecule has 0 fully saturated rings. The minimum absolute atomic E-state index is 0.304. The molecule has 0 aromatic rings. The SMILES string of the molecule is CCC(C=O)=CCC1CC=C(C)C1(C)C. The Kier molecular flexibility index (Phi) is 3.90. The van der Waals surface area contributed by atoms with Crippen molar-refractivity contribution in [1.82, 2.24) is 0 Å². The van der Waals surface area contributed by atoms with Crippen LogP contribution >= 0.6 is 0 Å². The molecule has 1 atom stereocenters. The maximum atomic E-state index is 10.7. The van der Waals surface area contributed by atoms with Crippen molar-refractivity contribution in [2.75, 3.05) is 0 Å². The highest BCUT2D eigenvalue weighted by Crippen LogP contribution is 2.44. The van der Waals surface area contributed by atoms with E-state index in [1.54, 1.807) is 0 Å². The van der Waals surface area contributed by atoms with Crippen LogP contribution in [0.1, 0.15) is 47.0 Å². The van der Waals surface area contributed by atoms with E-state index in [-0.39, 0.29) is 0 Å². The van der Waals surface area contributed by atoms with Crippen molar-refractivity contribution in [3.8, 4) is 0 Å². The Morgan fingerprint density at radius 1 is 1.60 bits per heavy atom. The summed E-state index contributed by atoms with van der Waals surface area (Å²) in [5.41, 5.74) is 2.73. The van der Waals surface area contributed by atoms with Crippen LogP contribution in [0.5, 0.6) is 0 Å². The molecule has 0 aromatic heterocycles. The molecule has 1 nitrogen and oxygen atoms in total. The number of hydrogen-bond donors (Lipinski definition) is 0. The number of carbonyl (C=O) groups excluding carboxylic acids is 1. The maximum absolute atomic E-state index is 10.7. The number of rotatable bonds is 4. The second kappa shape index (κ2) is 4.78. The van der Waals surface area contributed by atoms with Gasteiger partial charge in [-0.05, 0) is 43.1 Å². The highest BCUT2D eigenvalue weighted by molar-refractivity contribution is 5.72. The predicted molar refractivity (Wildman–Crippen MR) is 64.7 cm³/mol. The van der Waals surface area contributed by atoms with E-state index in [1.165, 1.54) is 5.57 Å². The molecule has 0 N–H and O–H groups in total. The van der Waals surface area contributed by atoms with Crippen LogP contribution in [0.15, 0.2) is 23.3 Å². The molecule has 1 aliphatic rings. The number of carbonyl (C=O) groups is 1. The molecule has 1 rings (SSSR count). The van der Waals surface area contributed by atoms with Crippen LogP contribution in [0.2, 0.25) is 0 Å². The molecule has 0 spiro atoms. The second-order valence-electron chi connectivity index (χ2n) is 5.03. The average molecular weight is 206 g/mol. The Balaban J connectivity index is 2.63. The standard InChI is InChI=1S/C14H22O/c1-5-12(10-15)7-9-13-8-6-11(2)14(13,3)4/h6-7,10,13H,5,8-9H2,1-4H3. The Labute approximate surface area is 93.3 Å². The summed E-state index contributed by atoms with van der Waals surface area (Å²) < 4.78 is 0. The molecule has 0 saturated heterocycles. The lowest BCUT2D eigenvalue weighted by molar-refractivity contribution is -0.105. The third-order valence-electron chi connectivity index (χ3n) is 3.97. The summed E-state index contributed by atoms with van der Waals surface area (Å²) in [5.74, 6) is 0.666. The van der Waals surface area contributed by atoms with Gasteiger partial charge in [-0.1, -0.05) is 38.5 Å². The average Bonchev–Trinajstić information content (AvgIpc) is 2.45. The Hall–Kier alpha value is -0.850. The second-order valence-corrected chi connectivity index (χ2v) is 5.03. The number of allylic oxidation sites excluding steroid dienone is 4. The van der Waals surface area contributed by atoms with Gasteiger partial charge in [0.25, 0.3) is 0 Å². The summed E-state index contributed by atoms with van der Waals surface area (Å²) in [6.45, 7) is 8.85. The fourth-order valence-corrected chi connectivity index (χ4v) is 2.16. The molecular weight excluding hydrogens is 184 g/mol. The third-order valence-corrected chi connectivity index (χ3v) is 3.97. The minimum Gasteiger partial charge on any atom is -0.298 e. The summed E-state index contributed by atoms with van der Waals surface area (Å²) in [6, 6.07) is 0. The Morgan fingerprint density at radius 3 is 2.67 bits per heavy atom. The molecule has 0 heterocycles. The summed E-state index contributed by atoms with van der Waals surface area (Å²) in [5, 5.41) is 0. The van der Waals surface area contributed by atoms with Crippen molar-refractivity contribution in [2.45, 2.75) is 47.0 Å². The lowest BCUT2D eigenvalue weighted by Gasteiger charge is -2.29. The van der Waals surface area contributed by atoms with Gasteiger partial charge in [-0.25, -0.2) is 0 Å². The molecule has 1 unspecified atom stereocenters. The van der Waals surface area contributed by atoms with E-state index < -0.39 is 0 Å². The van der Waals surface area contributed by atoms with Crippen molar-refractivity contribution < 1.29 is 4.79 Å². The van der Waals surface area contributed by atoms with Gasteiger partial charge in [0.1, 0.15) is 6.29 Å². The molecular formula is C14H22O. The van der Waals surface area contributed by atoms with Crippen molar-refractivity contribution in [3.05, 3.63) is 23.3 Å². The van der Waals surface area contributed by atoms with Crippen LogP contribution in [0.4, 0.5) is 0 Å². The van der Waals surface area contributed by atoms with Crippen LogP contribution in [-0.4, -0.2) is 6.29 Å². The highest BCUT2D eigenvalue weighted by atomic mass is 16.1. The maximum Gasteiger partial charge on any atom is 0.145 e. The quantitative estimate of drug-likeness (QED) is 0.387. The van der Waals surface area contributed by atoms with Crippen molar-refractivity contribution >= 4 is 6.29 Å². The zero-order chi connectivity index (χ0) is 11.5. The molecule has 0 amide bonds. The first-order chi connectivity index (χ1) is 7.02. The predicted octanol–water partition coefficient (Wildman–Crippen LogP) is 3.90. The lowest BCUT2D eigenvalue weighted by Crippen LogP contribution is -2.19. The van der Waals surface area contributed by atoms with E-state index in [1.807, 2.05) is 6.92 Å². The Bertz CT molecular complexity index is 294. The van der Waals surface area contributed by atoms with Gasteiger partial charge in [0.05, 0.1) is 0 Å². The van der Waals surface area contributed by atoms with Gasteiger partial charge in [0.2, 0.25) is 0 Å². The van der Waals surface area contributed by atoms with Crippen LogP contribution in [0.3, 0.4) is 0 Å². The van der Waals surface area contributed by atoms with E-state index in [0.29, 0.717) is 11.3 Å². The van der Waals surface area contributed by atoms with Crippen molar-refractivity contribution in [2.24, 2.45) is 11.3 Å². The van der Waals surface area contributed by atoms with Gasteiger partial charge < -0.3 is 0 Å². The van der Waals surface area contributed by atoms with Crippen LogP contribution in [0.25, 0.3) is 0 Å². The third kappa shape index (κ3) is 2.58. The van der Waals surface area contributed by atoms with Gasteiger partial charge in [0, 0.05) is 0 Å². The van der Waals surface area contributed by atoms with Crippen molar-refractivity contribution in [3.63, 3.8) is 0 Å². The molecule has 0 radical (unpaired) electrons. The summed E-state index contributed by atoms with van der Waals surface area (Å²) in [7, 11) is 0. The first-order valence-corrected chi connectivity index (χ1v) is 5.83. The molecule has 84 valence electrons. The normalized spacial score (nSPS) is 25.2. The topological polar surface area (TPSA) is 17.1 Å². The van der Waals surface area contributed by atoms with Gasteiger partial charge in [0.15, 0.2) is 0 Å². The fraction of sp³-hybridized carbons (Fsp3) is 0.643.